The van der Waals surface area contributed by atoms with Crippen LogP contribution in [0.25, 0.3) is 0 Å². The Morgan fingerprint density at radius 2 is 1.59 bits per heavy atom. The molecule has 0 saturated heterocycles. The van der Waals surface area contributed by atoms with Gasteiger partial charge in [-0.25, -0.2) is 13.1 Å². The molecule has 0 aliphatic carbocycles. The molecule has 0 aromatic heterocycles. The highest BCUT2D eigenvalue weighted by atomic mass is 35.5. The van der Waals surface area contributed by atoms with Crippen molar-refractivity contribution in [3.05, 3.63) is 76.3 Å². The second-order valence-electron chi connectivity index (χ2n) is 7.93. The standard InChI is InChI=1S/C23H30ClNO3S/c1-7-20(22(26)18-8-10-19(24)11-9-18)21(14(2)3)25-29(27,28)23-16(5)12-15(4)13-17(23)6/h7-14,20-22,25-26H,1H2,2-6H3/t20?,21?,22-/m1/s1. The van der Waals surface area contributed by atoms with Crippen LogP contribution >= 0.6 is 11.6 Å². The van der Waals surface area contributed by atoms with Crippen molar-refractivity contribution in [1.82, 2.24) is 4.72 Å². The van der Waals surface area contributed by atoms with E-state index < -0.39 is 28.1 Å². The highest BCUT2D eigenvalue weighted by Crippen LogP contribution is 2.31. The lowest BCUT2D eigenvalue weighted by Gasteiger charge is -2.32. The van der Waals surface area contributed by atoms with Crippen molar-refractivity contribution in [2.75, 3.05) is 0 Å². The van der Waals surface area contributed by atoms with E-state index in [1.807, 2.05) is 32.9 Å². The smallest absolute Gasteiger partial charge is 0.241 e. The van der Waals surface area contributed by atoms with Gasteiger partial charge in [-0.2, -0.15) is 0 Å². The fourth-order valence-electron chi connectivity index (χ4n) is 3.84. The van der Waals surface area contributed by atoms with Crippen molar-refractivity contribution < 1.29 is 13.5 Å². The lowest BCUT2D eigenvalue weighted by atomic mass is 9.84. The minimum Gasteiger partial charge on any atom is -0.388 e. The van der Waals surface area contributed by atoms with E-state index in [9.17, 15) is 13.5 Å². The van der Waals surface area contributed by atoms with Gasteiger partial charge in [0.05, 0.1) is 11.0 Å². The third-order valence-electron chi connectivity index (χ3n) is 5.15. The molecule has 0 fully saturated rings. The van der Waals surface area contributed by atoms with Crippen molar-refractivity contribution in [2.45, 2.75) is 51.7 Å². The molecule has 0 bridgehead atoms. The molecule has 2 rings (SSSR count). The lowest BCUT2D eigenvalue weighted by molar-refractivity contribution is 0.104. The Morgan fingerprint density at radius 1 is 1.07 bits per heavy atom. The van der Waals surface area contributed by atoms with Gasteiger partial charge in [0.25, 0.3) is 0 Å². The Bertz CT molecular complexity index is 945. The normalized spacial score (nSPS) is 15.2. The van der Waals surface area contributed by atoms with Crippen LogP contribution in [0, 0.1) is 32.6 Å². The van der Waals surface area contributed by atoms with E-state index in [4.69, 9.17) is 11.6 Å². The minimum absolute atomic E-state index is 0.0687. The first-order chi connectivity index (χ1) is 13.5. The molecule has 2 unspecified atom stereocenters. The maximum atomic E-state index is 13.3. The van der Waals surface area contributed by atoms with Crippen molar-refractivity contribution in [3.63, 3.8) is 0 Å². The fraction of sp³-hybridized carbons (Fsp3) is 0.391. The molecule has 3 atom stereocenters. The molecule has 158 valence electrons. The van der Waals surface area contributed by atoms with Crippen LogP contribution in [0.3, 0.4) is 0 Å². The third-order valence-corrected chi connectivity index (χ3v) is 7.16. The number of benzene rings is 2. The Kier molecular flexibility index (Phi) is 7.68. The van der Waals surface area contributed by atoms with Crippen LogP contribution in [0.1, 0.15) is 42.2 Å². The average Bonchev–Trinajstić information content (AvgIpc) is 2.60. The molecule has 0 aliphatic heterocycles. The summed E-state index contributed by atoms with van der Waals surface area (Å²) in [6, 6.07) is 10.1. The lowest BCUT2D eigenvalue weighted by Crippen LogP contribution is -2.45. The van der Waals surface area contributed by atoms with Gasteiger partial charge in [0, 0.05) is 17.0 Å². The predicted molar refractivity (Wildman–Crippen MR) is 120 cm³/mol. The first kappa shape index (κ1) is 23.6. The first-order valence-corrected chi connectivity index (χ1v) is 11.5. The van der Waals surface area contributed by atoms with Gasteiger partial charge < -0.3 is 5.11 Å². The maximum Gasteiger partial charge on any atom is 0.241 e. The van der Waals surface area contributed by atoms with Gasteiger partial charge >= 0.3 is 0 Å². The predicted octanol–water partition coefficient (Wildman–Crippen LogP) is 5.10. The second-order valence-corrected chi connectivity index (χ2v) is 10.0. The summed E-state index contributed by atoms with van der Waals surface area (Å²) < 4.78 is 29.4. The number of aliphatic hydroxyl groups is 1. The SMILES string of the molecule is C=CC(C(NS(=O)(=O)c1c(C)cc(C)cc1C)C(C)C)[C@H](O)c1ccc(Cl)cc1. The summed E-state index contributed by atoms with van der Waals surface area (Å²) in [6.07, 6.45) is 0.696. The van der Waals surface area contributed by atoms with Crippen LogP contribution in [0.5, 0.6) is 0 Å². The summed E-state index contributed by atoms with van der Waals surface area (Å²) in [7, 11) is -3.79. The van der Waals surface area contributed by atoms with Gasteiger partial charge in [-0.3, -0.25) is 0 Å². The third kappa shape index (κ3) is 5.48. The molecule has 2 aromatic carbocycles. The second kappa shape index (κ2) is 9.43. The molecule has 0 saturated carbocycles. The number of halogens is 1. The molecule has 0 amide bonds. The number of aliphatic hydroxyl groups excluding tert-OH is 1. The molecular formula is C23H30ClNO3S. The summed E-state index contributed by atoms with van der Waals surface area (Å²) in [5.41, 5.74) is 3.07. The van der Waals surface area contributed by atoms with E-state index in [0.717, 1.165) is 5.56 Å². The molecule has 0 radical (unpaired) electrons. The first-order valence-electron chi connectivity index (χ1n) is 9.64. The summed E-state index contributed by atoms with van der Waals surface area (Å²) in [5, 5.41) is 11.5. The number of nitrogens with one attached hydrogen (secondary N) is 1. The molecule has 29 heavy (non-hydrogen) atoms. The summed E-state index contributed by atoms with van der Waals surface area (Å²) in [5.74, 6) is -0.585. The zero-order valence-electron chi connectivity index (χ0n) is 17.6. The number of hydrogen-bond acceptors (Lipinski definition) is 3. The number of hydrogen-bond donors (Lipinski definition) is 2. The Hall–Kier alpha value is -1.66. The van der Waals surface area contributed by atoms with E-state index in [-0.39, 0.29) is 10.8 Å². The minimum atomic E-state index is -3.79. The fourth-order valence-corrected chi connectivity index (χ4v) is 5.84. The van der Waals surface area contributed by atoms with Gasteiger partial charge in [-0.05, 0) is 55.5 Å². The van der Waals surface area contributed by atoms with Crippen LogP contribution < -0.4 is 4.72 Å². The van der Waals surface area contributed by atoms with Gasteiger partial charge in [-0.1, -0.05) is 61.4 Å². The average molecular weight is 436 g/mol. The molecule has 0 heterocycles. The van der Waals surface area contributed by atoms with Crippen molar-refractivity contribution in [3.8, 4) is 0 Å². The highest BCUT2D eigenvalue weighted by Gasteiger charge is 2.34. The van der Waals surface area contributed by atoms with Gasteiger partial charge in [0.2, 0.25) is 10.0 Å². The number of sulfonamides is 1. The molecular weight excluding hydrogens is 406 g/mol. The van der Waals surface area contributed by atoms with Crippen molar-refractivity contribution in [2.24, 2.45) is 11.8 Å². The van der Waals surface area contributed by atoms with Crippen LogP contribution in [-0.4, -0.2) is 19.6 Å². The van der Waals surface area contributed by atoms with E-state index in [2.05, 4.69) is 11.3 Å². The van der Waals surface area contributed by atoms with Crippen LogP contribution in [-0.2, 0) is 10.0 Å². The quantitative estimate of drug-likeness (QED) is 0.566. The Morgan fingerprint density at radius 3 is 2.03 bits per heavy atom. The monoisotopic (exact) mass is 435 g/mol. The molecule has 4 nitrogen and oxygen atoms in total. The molecule has 2 aromatic rings. The van der Waals surface area contributed by atoms with Crippen molar-refractivity contribution in [1.29, 1.82) is 0 Å². The zero-order valence-corrected chi connectivity index (χ0v) is 19.2. The Labute approximate surface area is 179 Å². The van der Waals surface area contributed by atoms with E-state index in [1.165, 1.54) is 0 Å². The van der Waals surface area contributed by atoms with E-state index in [1.54, 1.807) is 44.2 Å². The highest BCUT2D eigenvalue weighted by molar-refractivity contribution is 7.89. The molecule has 0 aliphatic rings. The molecule has 0 spiro atoms. The van der Waals surface area contributed by atoms with Crippen LogP contribution in [0.2, 0.25) is 5.02 Å². The van der Waals surface area contributed by atoms with Crippen LogP contribution in [0.15, 0.2) is 53.9 Å². The molecule has 2 N–H and O–H groups in total. The van der Waals surface area contributed by atoms with Gasteiger partial charge in [0.15, 0.2) is 0 Å². The number of rotatable bonds is 8. The Balaban J connectivity index is 2.42. The van der Waals surface area contributed by atoms with E-state index >= 15 is 0 Å². The summed E-state index contributed by atoms with van der Waals surface area (Å²) >= 11 is 5.95. The van der Waals surface area contributed by atoms with Crippen LogP contribution in [0.4, 0.5) is 0 Å². The summed E-state index contributed by atoms with van der Waals surface area (Å²) in [6.45, 7) is 13.2. The van der Waals surface area contributed by atoms with Gasteiger partial charge in [-0.15, -0.1) is 6.58 Å². The topological polar surface area (TPSA) is 66.4 Å². The maximum absolute atomic E-state index is 13.3. The largest absolute Gasteiger partial charge is 0.388 e. The zero-order chi connectivity index (χ0) is 21.9. The number of aryl methyl sites for hydroxylation is 3. The molecule has 6 heteroatoms. The van der Waals surface area contributed by atoms with E-state index in [0.29, 0.717) is 21.7 Å². The van der Waals surface area contributed by atoms with Gasteiger partial charge in [0.1, 0.15) is 0 Å². The summed E-state index contributed by atoms with van der Waals surface area (Å²) in [4.78, 5) is 0.289. The van der Waals surface area contributed by atoms with Crippen molar-refractivity contribution >= 4 is 21.6 Å².